The molecule has 1 heterocycles. The van der Waals surface area contributed by atoms with Crippen molar-refractivity contribution in [3.05, 3.63) is 34.9 Å². The molecule has 0 radical (unpaired) electrons. The van der Waals surface area contributed by atoms with Crippen molar-refractivity contribution in [1.82, 2.24) is 0 Å². The summed E-state index contributed by atoms with van der Waals surface area (Å²) in [5.74, 6) is -0.199. The van der Waals surface area contributed by atoms with Gasteiger partial charge in [0.05, 0.1) is 11.3 Å². The van der Waals surface area contributed by atoms with E-state index in [0.29, 0.717) is 11.3 Å². The lowest BCUT2D eigenvalue weighted by Crippen LogP contribution is -1.96. The molecule has 0 spiro atoms. The molecule has 1 amide bonds. The molecule has 1 aromatic rings. The van der Waals surface area contributed by atoms with Gasteiger partial charge in [0.2, 0.25) is 0 Å². The number of fused-ring (bicyclic) bond motifs is 3. The van der Waals surface area contributed by atoms with E-state index in [4.69, 9.17) is 0 Å². The Labute approximate surface area is 74.8 Å². The van der Waals surface area contributed by atoms with Gasteiger partial charge >= 0.3 is 0 Å². The fourth-order valence-corrected chi connectivity index (χ4v) is 1.80. The molecule has 0 aromatic heterocycles. The first kappa shape index (κ1) is 6.71. The van der Waals surface area contributed by atoms with Crippen molar-refractivity contribution in [3.63, 3.8) is 0 Å². The van der Waals surface area contributed by atoms with E-state index in [2.05, 4.69) is 16.3 Å². The third kappa shape index (κ3) is 0.758. The lowest BCUT2D eigenvalue weighted by Gasteiger charge is -2.02. The monoisotopic (exact) mass is 170 g/mol. The number of rotatable bonds is 0. The SMILES string of the molecule is O=C1N=Nc2ccc3c(c21)CC=C3. The van der Waals surface area contributed by atoms with Gasteiger partial charge < -0.3 is 0 Å². The molecule has 1 aromatic carbocycles. The first-order valence-electron chi connectivity index (χ1n) is 4.15. The largest absolute Gasteiger partial charge is 0.297 e. The highest BCUT2D eigenvalue weighted by atomic mass is 16.2. The van der Waals surface area contributed by atoms with Gasteiger partial charge in [0.15, 0.2) is 0 Å². The number of allylic oxidation sites excluding steroid dienone is 1. The van der Waals surface area contributed by atoms with E-state index < -0.39 is 0 Å². The summed E-state index contributed by atoms with van der Waals surface area (Å²) in [6.07, 6.45) is 4.91. The molecule has 13 heavy (non-hydrogen) atoms. The molecule has 1 aliphatic carbocycles. The predicted molar refractivity (Wildman–Crippen MR) is 48.0 cm³/mol. The molecule has 0 fully saturated rings. The summed E-state index contributed by atoms with van der Waals surface area (Å²) in [5.41, 5.74) is 3.61. The van der Waals surface area contributed by atoms with E-state index in [1.54, 1.807) is 0 Å². The van der Waals surface area contributed by atoms with Crippen LogP contribution in [0.25, 0.3) is 6.08 Å². The van der Waals surface area contributed by atoms with Crippen molar-refractivity contribution in [2.75, 3.05) is 0 Å². The van der Waals surface area contributed by atoms with Gasteiger partial charge in [-0.25, -0.2) is 0 Å². The van der Waals surface area contributed by atoms with Crippen molar-refractivity contribution in [1.29, 1.82) is 0 Å². The van der Waals surface area contributed by atoms with Gasteiger partial charge in [-0.1, -0.05) is 18.2 Å². The van der Waals surface area contributed by atoms with E-state index in [1.165, 1.54) is 0 Å². The fraction of sp³-hybridized carbons (Fsp3) is 0.100. The van der Waals surface area contributed by atoms with E-state index in [-0.39, 0.29) is 5.91 Å². The molecule has 0 saturated carbocycles. The Balaban J connectivity index is 2.35. The van der Waals surface area contributed by atoms with E-state index >= 15 is 0 Å². The maximum absolute atomic E-state index is 11.3. The highest BCUT2D eigenvalue weighted by molar-refractivity contribution is 6.04. The van der Waals surface area contributed by atoms with Gasteiger partial charge in [0.1, 0.15) is 0 Å². The Morgan fingerprint density at radius 3 is 3.08 bits per heavy atom. The van der Waals surface area contributed by atoms with E-state index in [9.17, 15) is 4.79 Å². The molecule has 0 unspecified atom stereocenters. The maximum atomic E-state index is 11.3. The topological polar surface area (TPSA) is 41.8 Å². The fourth-order valence-electron chi connectivity index (χ4n) is 1.80. The Bertz CT molecular complexity index is 472. The summed E-state index contributed by atoms with van der Waals surface area (Å²) in [5, 5.41) is 7.35. The van der Waals surface area contributed by atoms with Crippen LogP contribution in [0.4, 0.5) is 5.69 Å². The first-order valence-corrected chi connectivity index (χ1v) is 4.15. The minimum Gasteiger partial charge on any atom is -0.265 e. The predicted octanol–water partition coefficient (Wildman–Crippen LogP) is 2.49. The van der Waals surface area contributed by atoms with Crippen LogP contribution in [0.2, 0.25) is 0 Å². The standard InChI is InChI=1S/C10H6N2O/c13-10-9-7-3-1-2-6(7)4-5-8(9)11-12-10/h1-2,4-5H,3H2. The molecule has 0 saturated heterocycles. The van der Waals surface area contributed by atoms with Crippen molar-refractivity contribution in [3.8, 4) is 0 Å². The quantitative estimate of drug-likeness (QED) is 0.589. The second-order valence-electron chi connectivity index (χ2n) is 3.14. The molecule has 3 nitrogen and oxygen atoms in total. The average Bonchev–Trinajstić information content (AvgIpc) is 2.70. The van der Waals surface area contributed by atoms with E-state index in [1.807, 2.05) is 18.2 Å². The highest BCUT2D eigenvalue weighted by Gasteiger charge is 2.23. The lowest BCUT2D eigenvalue weighted by atomic mass is 10.0. The number of carbonyl (C=O) groups excluding carboxylic acids is 1. The second kappa shape index (κ2) is 2.13. The van der Waals surface area contributed by atoms with Crippen LogP contribution >= 0.6 is 0 Å². The summed E-state index contributed by atoms with van der Waals surface area (Å²) in [6, 6.07) is 3.83. The van der Waals surface area contributed by atoms with Crippen molar-refractivity contribution in [2.24, 2.45) is 10.2 Å². The Hall–Kier alpha value is -1.77. The number of hydrogen-bond donors (Lipinski definition) is 0. The zero-order valence-electron chi connectivity index (χ0n) is 6.82. The molecule has 1 aliphatic heterocycles. The molecule has 0 N–H and O–H groups in total. The van der Waals surface area contributed by atoms with Gasteiger partial charge in [0, 0.05) is 0 Å². The van der Waals surface area contributed by atoms with Crippen molar-refractivity contribution >= 4 is 17.7 Å². The van der Waals surface area contributed by atoms with Gasteiger partial charge in [-0.3, -0.25) is 4.79 Å². The summed E-state index contributed by atoms with van der Waals surface area (Å²) >= 11 is 0. The van der Waals surface area contributed by atoms with E-state index in [0.717, 1.165) is 17.5 Å². The van der Waals surface area contributed by atoms with Gasteiger partial charge in [-0.15, -0.1) is 10.2 Å². The summed E-state index contributed by atoms with van der Waals surface area (Å²) in [4.78, 5) is 11.3. The van der Waals surface area contributed by atoms with Gasteiger partial charge in [-0.05, 0) is 23.6 Å². The van der Waals surface area contributed by atoms with Crippen LogP contribution in [0.1, 0.15) is 21.5 Å². The van der Waals surface area contributed by atoms with Crippen LogP contribution in [0.3, 0.4) is 0 Å². The third-order valence-electron chi connectivity index (χ3n) is 2.41. The van der Waals surface area contributed by atoms with Gasteiger partial charge in [0.25, 0.3) is 5.91 Å². The number of nitrogens with zero attached hydrogens (tertiary/aromatic N) is 2. The molecular formula is C10H6N2O. The van der Waals surface area contributed by atoms with Crippen LogP contribution < -0.4 is 0 Å². The minimum atomic E-state index is -0.199. The van der Waals surface area contributed by atoms with Gasteiger partial charge in [-0.2, -0.15) is 0 Å². The molecule has 0 bridgehead atoms. The van der Waals surface area contributed by atoms with Crippen LogP contribution in [-0.2, 0) is 6.42 Å². The summed E-state index contributed by atoms with van der Waals surface area (Å²) in [6.45, 7) is 0. The number of azo groups is 1. The molecule has 3 rings (SSSR count). The number of amides is 1. The number of carbonyl (C=O) groups is 1. The first-order chi connectivity index (χ1) is 6.36. The van der Waals surface area contributed by atoms with Crippen molar-refractivity contribution in [2.45, 2.75) is 6.42 Å². The van der Waals surface area contributed by atoms with Crippen LogP contribution in [0.5, 0.6) is 0 Å². The average molecular weight is 170 g/mol. The summed E-state index contributed by atoms with van der Waals surface area (Å²) in [7, 11) is 0. The van der Waals surface area contributed by atoms with Crippen LogP contribution in [-0.4, -0.2) is 5.91 Å². The molecule has 0 atom stereocenters. The molecular weight excluding hydrogens is 164 g/mol. The maximum Gasteiger partial charge on any atom is 0.297 e. The van der Waals surface area contributed by atoms with Crippen LogP contribution in [0, 0.1) is 0 Å². The summed E-state index contributed by atoms with van der Waals surface area (Å²) < 4.78 is 0. The Morgan fingerprint density at radius 2 is 2.15 bits per heavy atom. The van der Waals surface area contributed by atoms with Crippen LogP contribution in [0.15, 0.2) is 28.4 Å². The zero-order valence-corrected chi connectivity index (χ0v) is 6.82. The number of hydrogen-bond acceptors (Lipinski definition) is 2. The van der Waals surface area contributed by atoms with Crippen molar-refractivity contribution < 1.29 is 4.79 Å². The molecule has 3 heteroatoms. The second-order valence-corrected chi connectivity index (χ2v) is 3.14. The Kier molecular flexibility index (Phi) is 1.10. The smallest absolute Gasteiger partial charge is 0.265 e. The number of benzene rings is 1. The molecule has 62 valence electrons. The lowest BCUT2D eigenvalue weighted by molar-refractivity contribution is 0.100. The Morgan fingerprint density at radius 1 is 1.23 bits per heavy atom. The molecule has 2 aliphatic rings. The minimum absolute atomic E-state index is 0.199. The highest BCUT2D eigenvalue weighted by Crippen LogP contribution is 2.34. The normalized spacial score (nSPS) is 16.5. The zero-order chi connectivity index (χ0) is 8.84. The third-order valence-corrected chi connectivity index (χ3v) is 2.41.